The number of hydrogen-bond donors (Lipinski definition) is 3. The van der Waals surface area contributed by atoms with E-state index < -0.39 is 0 Å². The van der Waals surface area contributed by atoms with Gasteiger partial charge in [-0.3, -0.25) is 4.99 Å². The monoisotopic (exact) mass is 401 g/mol. The molecule has 1 aromatic carbocycles. The van der Waals surface area contributed by atoms with Gasteiger partial charge in [0.15, 0.2) is 5.96 Å². The maximum absolute atomic E-state index is 4.50. The van der Waals surface area contributed by atoms with Crippen molar-refractivity contribution in [1.82, 2.24) is 20.9 Å². The lowest BCUT2D eigenvalue weighted by Crippen LogP contribution is -2.56. The molecule has 1 saturated heterocycles. The van der Waals surface area contributed by atoms with Crippen LogP contribution in [0.2, 0.25) is 0 Å². The van der Waals surface area contributed by atoms with Crippen molar-refractivity contribution < 1.29 is 0 Å². The van der Waals surface area contributed by atoms with Crippen LogP contribution in [0.15, 0.2) is 35.3 Å². The molecule has 0 spiro atoms. The van der Waals surface area contributed by atoms with E-state index in [-0.39, 0.29) is 5.54 Å². The number of benzene rings is 1. The zero-order chi connectivity index (χ0) is 21.3. The number of guanidine groups is 1. The van der Waals surface area contributed by atoms with Crippen LogP contribution in [-0.4, -0.2) is 55.2 Å². The van der Waals surface area contributed by atoms with Gasteiger partial charge >= 0.3 is 0 Å². The molecule has 29 heavy (non-hydrogen) atoms. The van der Waals surface area contributed by atoms with Crippen LogP contribution in [-0.2, 0) is 0 Å². The van der Waals surface area contributed by atoms with Crippen molar-refractivity contribution in [3.63, 3.8) is 0 Å². The summed E-state index contributed by atoms with van der Waals surface area (Å²) in [6.45, 7) is 14.6. The molecule has 1 heterocycles. The van der Waals surface area contributed by atoms with Gasteiger partial charge in [0.05, 0.1) is 0 Å². The number of nitrogens with zero attached hydrogens (tertiary/aromatic N) is 2. The van der Waals surface area contributed by atoms with E-state index >= 15 is 0 Å². The van der Waals surface area contributed by atoms with Crippen LogP contribution >= 0.6 is 0 Å². The van der Waals surface area contributed by atoms with E-state index in [0.29, 0.717) is 18.1 Å². The first-order valence-corrected chi connectivity index (χ1v) is 11.5. The number of nitrogens with one attached hydrogen (secondary N) is 3. The molecule has 5 nitrogen and oxygen atoms in total. The van der Waals surface area contributed by atoms with Crippen LogP contribution in [0.25, 0.3) is 0 Å². The van der Waals surface area contributed by atoms with E-state index in [1.165, 1.54) is 18.4 Å². The molecule has 3 N–H and O–H groups in total. The Bertz CT molecular complexity index is 601. The third-order valence-electron chi connectivity index (χ3n) is 6.59. The predicted molar refractivity (Wildman–Crippen MR) is 126 cm³/mol. The maximum atomic E-state index is 4.50. The largest absolute Gasteiger partial charge is 0.355 e. The molecule has 1 aliphatic rings. The Morgan fingerprint density at radius 2 is 1.72 bits per heavy atom. The first-order chi connectivity index (χ1) is 13.9. The summed E-state index contributed by atoms with van der Waals surface area (Å²) in [4.78, 5) is 7.06. The Morgan fingerprint density at radius 3 is 2.24 bits per heavy atom. The lowest BCUT2D eigenvalue weighted by atomic mass is 9.90. The molecule has 1 atom stereocenters. The molecule has 164 valence electrons. The van der Waals surface area contributed by atoms with Gasteiger partial charge in [0.2, 0.25) is 0 Å². The van der Waals surface area contributed by atoms with Gasteiger partial charge in [0.25, 0.3) is 0 Å². The van der Waals surface area contributed by atoms with Crippen molar-refractivity contribution in [3.8, 4) is 0 Å². The first-order valence-electron chi connectivity index (χ1n) is 11.5. The van der Waals surface area contributed by atoms with Gasteiger partial charge in [0, 0.05) is 50.3 Å². The van der Waals surface area contributed by atoms with E-state index in [9.17, 15) is 0 Å². The molecule has 0 aliphatic carbocycles. The molecule has 0 bridgehead atoms. The molecule has 0 radical (unpaired) electrons. The SMILES string of the molecule is CCC(CC)(CNC(=NC)NC1CCN(C(C)C)CC1)NC(C)c1ccccc1. The third-order valence-corrected chi connectivity index (χ3v) is 6.59. The summed E-state index contributed by atoms with van der Waals surface area (Å²) in [5.41, 5.74) is 1.37. The molecule has 0 saturated carbocycles. The highest BCUT2D eigenvalue weighted by atomic mass is 15.2. The van der Waals surface area contributed by atoms with Crippen molar-refractivity contribution in [3.05, 3.63) is 35.9 Å². The molecular formula is C24H43N5. The van der Waals surface area contributed by atoms with E-state index in [4.69, 9.17) is 0 Å². The molecular weight excluding hydrogens is 358 g/mol. The Kier molecular flexibility index (Phi) is 9.44. The highest BCUT2D eigenvalue weighted by Crippen LogP contribution is 2.21. The van der Waals surface area contributed by atoms with Gasteiger partial charge in [-0.15, -0.1) is 0 Å². The number of hydrogen-bond acceptors (Lipinski definition) is 3. The van der Waals surface area contributed by atoms with Crippen molar-refractivity contribution in [2.45, 2.75) is 84.0 Å². The van der Waals surface area contributed by atoms with Crippen molar-refractivity contribution >= 4 is 5.96 Å². The minimum Gasteiger partial charge on any atom is -0.355 e. The van der Waals surface area contributed by atoms with Crippen molar-refractivity contribution in [1.29, 1.82) is 0 Å². The van der Waals surface area contributed by atoms with Gasteiger partial charge in [0.1, 0.15) is 0 Å². The molecule has 1 unspecified atom stereocenters. The summed E-state index contributed by atoms with van der Waals surface area (Å²) in [6.07, 6.45) is 4.48. The van der Waals surface area contributed by atoms with Gasteiger partial charge in [-0.2, -0.15) is 0 Å². The van der Waals surface area contributed by atoms with Crippen LogP contribution in [0.1, 0.15) is 71.9 Å². The Balaban J connectivity index is 1.90. The standard InChI is InChI=1S/C24H43N5/c1-7-24(8-2,28-20(5)21-12-10-9-11-13-21)18-26-23(25-6)27-22-14-16-29(17-15-22)19(3)4/h9-13,19-20,22,28H,7-8,14-18H2,1-6H3,(H2,25,26,27). The second kappa shape index (κ2) is 11.6. The molecule has 1 aromatic rings. The molecule has 1 fully saturated rings. The third kappa shape index (κ3) is 7.00. The lowest BCUT2D eigenvalue weighted by molar-refractivity contribution is 0.167. The zero-order valence-corrected chi connectivity index (χ0v) is 19.5. The number of aliphatic imine (C=N–C) groups is 1. The van der Waals surface area contributed by atoms with E-state index in [0.717, 1.165) is 38.4 Å². The number of likely N-dealkylation sites (tertiary alicyclic amines) is 1. The van der Waals surface area contributed by atoms with Gasteiger partial charge in [-0.05, 0) is 52.0 Å². The summed E-state index contributed by atoms with van der Waals surface area (Å²) in [5.74, 6) is 0.924. The molecule has 0 aromatic heterocycles. The average Bonchev–Trinajstić information content (AvgIpc) is 2.76. The molecule has 5 heteroatoms. The van der Waals surface area contributed by atoms with Gasteiger partial charge < -0.3 is 20.9 Å². The Hall–Kier alpha value is -1.59. The zero-order valence-electron chi connectivity index (χ0n) is 19.5. The van der Waals surface area contributed by atoms with Gasteiger partial charge in [-0.25, -0.2) is 0 Å². The fraction of sp³-hybridized carbons (Fsp3) is 0.708. The summed E-state index contributed by atoms with van der Waals surface area (Å²) in [6, 6.07) is 12.2. The van der Waals surface area contributed by atoms with Crippen LogP contribution < -0.4 is 16.0 Å². The van der Waals surface area contributed by atoms with Crippen LogP contribution in [0.4, 0.5) is 0 Å². The summed E-state index contributed by atoms with van der Waals surface area (Å²) in [7, 11) is 1.87. The first kappa shape index (κ1) is 23.7. The second-order valence-electron chi connectivity index (χ2n) is 8.74. The lowest BCUT2D eigenvalue weighted by Gasteiger charge is -2.38. The quantitative estimate of drug-likeness (QED) is 0.433. The van der Waals surface area contributed by atoms with Gasteiger partial charge in [-0.1, -0.05) is 44.2 Å². The average molecular weight is 402 g/mol. The van der Waals surface area contributed by atoms with Crippen LogP contribution in [0, 0.1) is 0 Å². The van der Waals surface area contributed by atoms with Crippen molar-refractivity contribution in [2.75, 3.05) is 26.7 Å². The minimum atomic E-state index is 0.0356. The normalized spacial score (nSPS) is 18.1. The fourth-order valence-corrected chi connectivity index (χ4v) is 4.24. The van der Waals surface area contributed by atoms with Crippen LogP contribution in [0.3, 0.4) is 0 Å². The second-order valence-corrected chi connectivity index (χ2v) is 8.74. The smallest absolute Gasteiger partial charge is 0.191 e. The van der Waals surface area contributed by atoms with E-state index in [1.54, 1.807) is 0 Å². The van der Waals surface area contributed by atoms with E-state index in [2.05, 4.69) is 90.8 Å². The Morgan fingerprint density at radius 1 is 1.10 bits per heavy atom. The topological polar surface area (TPSA) is 51.7 Å². The highest BCUT2D eigenvalue weighted by molar-refractivity contribution is 5.80. The van der Waals surface area contributed by atoms with E-state index in [1.807, 2.05) is 7.05 Å². The molecule has 2 rings (SSSR count). The van der Waals surface area contributed by atoms with Crippen molar-refractivity contribution in [2.24, 2.45) is 4.99 Å². The molecule has 0 amide bonds. The summed E-state index contributed by atoms with van der Waals surface area (Å²) >= 11 is 0. The maximum Gasteiger partial charge on any atom is 0.191 e. The predicted octanol–water partition coefficient (Wildman–Crippen LogP) is 3.93. The Labute approximate surface area is 178 Å². The van der Waals surface area contributed by atoms with Crippen LogP contribution in [0.5, 0.6) is 0 Å². The molecule has 1 aliphatic heterocycles. The summed E-state index contributed by atoms with van der Waals surface area (Å²) < 4.78 is 0. The highest BCUT2D eigenvalue weighted by Gasteiger charge is 2.29. The summed E-state index contributed by atoms with van der Waals surface area (Å²) in [5, 5.41) is 11.2. The number of rotatable bonds is 9. The minimum absolute atomic E-state index is 0.0356. The fourth-order valence-electron chi connectivity index (χ4n) is 4.24. The number of piperidine rings is 1.